The number of carbonyl (C=O) groups excluding carboxylic acids is 4. The summed E-state index contributed by atoms with van der Waals surface area (Å²) < 4.78 is 1.50. The maximum Gasteiger partial charge on any atom is 0.325 e. The van der Waals surface area contributed by atoms with Gasteiger partial charge in [0.2, 0.25) is 5.91 Å². The highest BCUT2D eigenvalue weighted by Crippen LogP contribution is 2.35. The van der Waals surface area contributed by atoms with Gasteiger partial charge in [0.15, 0.2) is 0 Å². The highest BCUT2D eigenvalue weighted by Gasteiger charge is 2.52. The predicted octanol–water partition coefficient (Wildman–Crippen LogP) is 1.16. The zero-order chi connectivity index (χ0) is 21.3. The summed E-state index contributed by atoms with van der Waals surface area (Å²) in [4.78, 5) is 49.3. The van der Waals surface area contributed by atoms with Gasteiger partial charge in [-0.25, -0.2) is 9.48 Å². The molecule has 1 aliphatic carbocycles. The van der Waals surface area contributed by atoms with E-state index in [1.54, 1.807) is 30.5 Å². The first kappa shape index (κ1) is 19.6. The molecule has 1 aliphatic heterocycles. The van der Waals surface area contributed by atoms with E-state index in [1.807, 2.05) is 0 Å². The van der Waals surface area contributed by atoms with Crippen molar-refractivity contribution in [2.24, 2.45) is 5.73 Å². The molecule has 1 aromatic carbocycles. The summed E-state index contributed by atoms with van der Waals surface area (Å²) in [5, 5.41) is 9.62. The van der Waals surface area contributed by atoms with Crippen molar-refractivity contribution in [1.29, 1.82) is 0 Å². The van der Waals surface area contributed by atoms with E-state index >= 15 is 0 Å². The zero-order valence-electron chi connectivity index (χ0n) is 16.3. The van der Waals surface area contributed by atoms with Gasteiger partial charge in [-0.05, 0) is 43.2 Å². The molecule has 4 rings (SSSR count). The fourth-order valence-corrected chi connectivity index (χ4v) is 3.93. The van der Waals surface area contributed by atoms with E-state index in [-0.39, 0.29) is 30.5 Å². The molecule has 5 amide bonds. The van der Waals surface area contributed by atoms with Crippen LogP contribution in [0.5, 0.6) is 0 Å². The molecule has 1 saturated carbocycles. The van der Waals surface area contributed by atoms with Crippen LogP contribution in [-0.2, 0) is 9.59 Å². The number of urea groups is 1. The second-order valence-electron chi connectivity index (χ2n) is 7.53. The first-order valence-electron chi connectivity index (χ1n) is 9.78. The van der Waals surface area contributed by atoms with Crippen molar-refractivity contribution in [3.63, 3.8) is 0 Å². The number of nitrogens with one attached hydrogen (secondary N) is 2. The summed E-state index contributed by atoms with van der Waals surface area (Å²) in [6, 6.07) is 7.95. The van der Waals surface area contributed by atoms with Crippen molar-refractivity contribution < 1.29 is 19.2 Å². The molecule has 1 saturated heterocycles. The Morgan fingerprint density at radius 3 is 2.47 bits per heavy atom. The summed E-state index contributed by atoms with van der Waals surface area (Å²) in [7, 11) is 0. The van der Waals surface area contributed by atoms with Gasteiger partial charge in [0.05, 0.1) is 5.69 Å². The minimum Gasteiger partial charge on any atom is -0.364 e. The lowest BCUT2D eigenvalue weighted by Gasteiger charge is -2.19. The summed E-state index contributed by atoms with van der Waals surface area (Å²) in [5.41, 5.74) is 5.86. The Labute approximate surface area is 172 Å². The number of carbonyl (C=O) groups is 4. The molecule has 1 spiro atoms. The number of aromatic nitrogens is 2. The average molecular weight is 410 g/mol. The first-order chi connectivity index (χ1) is 14.4. The van der Waals surface area contributed by atoms with E-state index in [1.165, 1.54) is 10.7 Å². The van der Waals surface area contributed by atoms with E-state index in [0.717, 1.165) is 17.7 Å². The van der Waals surface area contributed by atoms with Crippen molar-refractivity contribution >= 4 is 29.4 Å². The number of amides is 5. The third kappa shape index (κ3) is 3.63. The number of imide groups is 1. The lowest BCUT2D eigenvalue weighted by Crippen LogP contribution is -2.44. The lowest BCUT2D eigenvalue weighted by atomic mass is 9.98. The number of benzene rings is 1. The molecule has 0 unspecified atom stereocenters. The van der Waals surface area contributed by atoms with Crippen LogP contribution in [-0.4, -0.2) is 50.5 Å². The van der Waals surface area contributed by atoms with Crippen molar-refractivity contribution in [3.8, 4) is 5.69 Å². The molecule has 10 heteroatoms. The fraction of sp³-hybridized carbons (Fsp3) is 0.350. The van der Waals surface area contributed by atoms with Crippen LogP contribution in [0, 0.1) is 0 Å². The van der Waals surface area contributed by atoms with Crippen LogP contribution in [0.4, 0.5) is 10.5 Å². The Hall–Kier alpha value is -3.69. The molecule has 2 aliphatic rings. The normalized spacial score (nSPS) is 17.4. The molecule has 2 aromatic rings. The molecule has 156 valence electrons. The van der Waals surface area contributed by atoms with Crippen molar-refractivity contribution in [2.45, 2.75) is 37.6 Å². The number of hydrogen-bond acceptors (Lipinski definition) is 5. The predicted molar refractivity (Wildman–Crippen MR) is 107 cm³/mol. The summed E-state index contributed by atoms with van der Waals surface area (Å²) >= 11 is 0. The molecule has 0 atom stereocenters. The quantitative estimate of drug-likeness (QED) is 0.613. The molecular formula is C20H22N6O4. The van der Waals surface area contributed by atoms with E-state index < -0.39 is 17.5 Å². The van der Waals surface area contributed by atoms with Crippen LogP contribution >= 0.6 is 0 Å². The standard InChI is InChI=1S/C20H22N6O4/c21-17(28)15-7-12-26(24-15)14-5-3-13(4-6-14)22-16(27)8-11-25-18(29)20(23-19(25)30)9-1-2-10-20/h3-7,12H,1-2,8-11H2,(H2,21,28)(H,22,27)(H,23,30). The summed E-state index contributed by atoms with van der Waals surface area (Å²) in [6.45, 7) is 0.0412. The largest absolute Gasteiger partial charge is 0.364 e. The van der Waals surface area contributed by atoms with Gasteiger partial charge in [-0.3, -0.25) is 19.3 Å². The number of rotatable bonds is 6. The van der Waals surface area contributed by atoms with Gasteiger partial charge in [-0.15, -0.1) is 0 Å². The monoisotopic (exact) mass is 410 g/mol. The van der Waals surface area contributed by atoms with E-state index in [9.17, 15) is 19.2 Å². The molecule has 0 radical (unpaired) electrons. The fourth-order valence-electron chi connectivity index (χ4n) is 3.93. The van der Waals surface area contributed by atoms with Crippen LogP contribution in [0.3, 0.4) is 0 Å². The Balaban J connectivity index is 1.32. The zero-order valence-corrected chi connectivity index (χ0v) is 16.3. The van der Waals surface area contributed by atoms with Crippen molar-refractivity contribution in [2.75, 3.05) is 11.9 Å². The van der Waals surface area contributed by atoms with E-state index in [2.05, 4.69) is 15.7 Å². The lowest BCUT2D eigenvalue weighted by molar-refractivity contribution is -0.131. The number of primary amides is 1. The molecule has 1 aromatic heterocycles. The third-order valence-electron chi connectivity index (χ3n) is 5.52. The van der Waals surface area contributed by atoms with Gasteiger partial charge in [0, 0.05) is 24.8 Å². The summed E-state index contributed by atoms with van der Waals surface area (Å²) in [6.07, 6.45) is 4.77. The average Bonchev–Trinajstić information content (AvgIpc) is 3.43. The van der Waals surface area contributed by atoms with Crippen LogP contribution < -0.4 is 16.4 Å². The maximum absolute atomic E-state index is 12.6. The van der Waals surface area contributed by atoms with Gasteiger partial charge >= 0.3 is 6.03 Å². The second-order valence-corrected chi connectivity index (χ2v) is 7.53. The number of nitrogens with zero attached hydrogens (tertiary/aromatic N) is 3. The van der Waals surface area contributed by atoms with Crippen LogP contribution in [0.1, 0.15) is 42.6 Å². The number of hydrogen-bond donors (Lipinski definition) is 3. The molecule has 2 heterocycles. The van der Waals surface area contributed by atoms with Crippen LogP contribution in [0.15, 0.2) is 36.5 Å². The van der Waals surface area contributed by atoms with Crippen LogP contribution in [0.25, 0.3) is 5.69 Å². The van der Waals surface area contributed by atoms with Gasteiger partial charge in [0.25, 0.3) is 11.8 Å². The minimum absolute atomic E-state index is 0.0120. The molecule has 2 fully saturated rings. The minimum atomic E-state index is -0.760. The maximum atomic E-state index is 12.6. The van der Waals surface area contributed by atoms with E-state index in [0.29, 0.717) is 24.2 Å². The van der Waals surface area contributed by atoms with Crippen molar-refractivity contribution in [3.05, 3.63) is 42.2 Å². The summed E-state index contributed by atoms with van der Waals surface area (Å²) in [5.74, 6) is -1.14. The molecule has 10 nitrogen and oxygen atoms in total. The Morgan fingerprint density at radius 2 is 1.83 bits per heavy atom. The van der Waals surface area contributed by atoms with Crippen molar-refractivity contribution in [1.82, 2.24) is 20.0 Å². The van der Waals surface area contributed by atoms with Crippen LogP contribution in [0.2, 0.25) is 0 Å². The SMILES string of the molecule is NC(=O)c1ccn(-c2ccc(NC(=O)CCN3C(=O)NC4(CCCC4)C3=O)cc2)n1. The molecule has 0 bridgehead atoms. The third-order valence-corrected chi connectivity index (χ3v) is 5.52. The molecule has 4 N–H and O–H groups in total. The highest BCUT2D eigenvalue weighted by atomic mass is 16.2. The van der Waals surface area contributed by atoms with Gasteiger partial charge in [-0.2, -0.15) is 5.10 Å². The van der Waals surface area contributed by atoms with E-state index in [4.69, 9.17) is 5.73 Å². The van der Waals surface area contributed by atoms with Gasteiger partial charge < -0.3 is 16.4 Å². The Bertz CT molecular complexity index is 1010. The van der Waals surface area contributed by atoms with Gasteiger partial charge in [-0.1, -0.05) is 12.8 Å². The number of anilines is 1. The Kier molecular flexibility index (Phi) is 4.98. The molecule has 30 heavy (non-hydrogen) atoms. The highest BCUT2D eigenvalue weighted by molar-refractivity contribution is 6.07. The topological polar surface area (TPSA) is 139 Å². The van der Waals surface area contributed by atoms with Gasteiger partial charge in [0.1, 0.15) is 11.2 Å². The Morgan fingerprint density at radius 1 is 1.13 bits per heavy atom. The second kappa shape index (κ2) is 7.62. The smallest absolute Gasteiger partial charge is 0.325 e. The molecular weight excluding hydrogens is 388 g/mol. The number of nitrogens with two attached hydrogens (primary N) is 1. The first-order valence-corrected chi connectivity index (χ1v) is 9.78.